The lowest BCUT2D eigenvalue weighted by molar-refractivity contribution is -0.144. The van der Waals surface area contributed by atoms with Crippen LogP contribution in [0.5, 0.6) is 5.75 Å². The first-order chi connectivity index (χ1) is 9.90. The van der Waals surface area contributed by atoms with Crippen LogP contribution in [0, 0.1) is 0 Å². The zero-order valence-corrected chi connectivity index (χ0v) is 15.8. The Labute approximate surface area is 143 Å². The van der Waals surface area contributed by atoms with Crippen molar-refractivity contribution in [3.63, 3.8) is 0 Å². The van der Waals surface area contributed by atoms with E-state index >= 15 is 0 Å². The smallest absolute Gasteiger partial charge is 0.263 e. The van der Waals surface area contributed by atoms with Crippen LogP contribution in [0.25, 0.3) is 0 Å². The topological polar surface area (TPSA) is 29.5 Å². The SMILES string of the molecule is C[C@@H]1CCC[C@@H](C)N1C(=O)[C@@H](C)Oc1ccc(Br)cc1Br. The number of halogens is 2. The minimum Gasteiger partial charge on any atom is -0.480 e. The molecule has 0 aliphatic carbocycles. The standard InChI is InChI=1S/C16H21Br2NO2/c1-10-5-4-6-11(2)19(10)16(20)12(3)21-15-8-7-13(17)9-14(15)18/h7-12H,4-6H2,1-3H3/t10-,11-,12-/m1/s1. The first-order valence-corrected chi connectivity index (χ1v) is 8.92. The van der Waals surface area contributed by atoms with E-state index in [0.717, 1.165) is 21.8 Å². The Kier molecular flexibility index (Phi) is 5.72. The lowest BCUT2D eigenvalue weighted by Gasteiger charge is -2.40. The minimum atomic E-state index is -0.481. The number of rotatable bonds is 3. The van der Waals surface area contributed by atoms with E-state index in [4.69, 9.17) is 4.74 Å². The zero-order valence-electron chi connectivity index (χ0n) is 12.6. The average Bonchev–Trinajstić information content (AvgIpc) is 2.41. The van der Waals surface area contributed by atoms with E-state index in [1.165, 1.54) is 6.42 Å². The molecule has 2 rings (SSSR count). The number of amides is 1. The third-order valence-corrected chi connectivity index (χ3v) is 5.11. The fourth-order valence-corrected chi connectivity index (χ4v) is 4.02. The summed E-state index contributed by atoms with van der Waals surface area (Å²) < 4.78 is 7.67. The van der Waals surface area contributed by atoms with E-state index < -0.39 is 6.10 Å². The predicted octanol–water partition coefficient (Wildman–Crippen LogP) is 4.77. The number of hydrogen-bond acceptors (Lipinski definition) is 2. The summed E-state index contributed by atoms with van der Waals surface area (Å²) in [6.07, 6.45) is 2.86. The van der Waals surface area contributed by atoms with Crippen LogP contribution < -0.4 is 4.74 Å². The zero-order chi connectivity index (χ0) is 15.6. The van der Waals surface area contributed by atoms with E-state index in [-0.39, 0.29) is 5.91 Å². The van der Waals surface area contributed by atoms with Crippen molar-refractivity contribution < 1.29 is 9.53 Å². The Hall–Kier alpha value is -0.550. The first-order valence-electron chi connectivity index (χ1n) is 7.34. The number of nitrogens with zero attached hydrogens (tertiary/aromatic N) is 1. The number of carbonyl (C=O) groups is 1. The predicted molar refractivity (Wildman–Crippen MR) is 91.6 cm³/mol. The molecular formula is C16H21Br2NO2. The van der Waals surface area contributed by atoms with E-state index in [2.05, 4.69) is 45.7 Å². The fourth-order valence-electron chi connectivity index (χ4n) is 2.88. The molecule has 0 bridgehead atoms. The molecule has 1 aromatic carbocycles. The van der Waals surface area contributed by atoms with Gasteiger partial charge in [0.15, 0.2) is 6.10 Å². The van der Waals surface area contributed by atoms with Crippen LogP contribution >= 0.6 is 31.9 Å². The Morgan fingerprint density at radius 1 is 1.29 bits per heavy atom. The van der Waals surface area contributed by atoms with Crippen LogP contribution in [0.2, 0.25) is 0 Å². The van der Waals surface area contributed by atoms with Gasteiger partial charge in [0.1, 0.15) is 5.75 Å². The van der Waals surface area contributed by atoms with Gasteiger partial charge in [-0.2, -0.15) is 0 Å². The van der Waals surface area contributed by atoms with Gasteiger partial charge < -0.3 is 9.64 Å². The first kappa shape index (κ1) is 16.8. The maximum atomic E-state index is 12.7. The van der Waals surface area contributed by atoms with Crippen LogP contribution in [0.15, 0.2) is 27.1 Å². The number of likely N-dealkylation sites (tertiary alicyclic amines) is 1. The van der Waals surface area contributed by atoms with Crippen molar-refractivity contribution in [3.05, 3.63) is 27.1 Å². The molecule has 0 N–H and O–H groups in total. The molecule has 1 aliphatic rings. The number of piperidine rings is 1. The van der Waals surface area contributed by atoms with E-state index in [1.54, 1.807) is 0 Å². The summed E-state index contributed by atoms with van der Waals surface area (Å²) in [4.78, 5) is 14.7. The van der Waals surface area contributed by atoms with Crippen LogP contribution in [0.1, 0.15) is 40.0 Å². The molecule has 1 aliphatic heterocycles. The Bertz CT molecular complexity index is 511. The van der Waals surface area contributed by atoms with Gasteiger partial charge in [-0.05, 0) is 74.2 Å². The van der Waals surface area contributed by atoms with Gasteiger partial charge in [-0.1, -0.05) is 15.9 Å². The maximum absolute atomic E-state index is 12.7. The van der Waals surface area contributed by atoms with Crippen molar-refractivity contribution in [2.24, 2.45) is 0 Å². The average molecular weight is 419 g/mol. The second kappa shape index (κ2) is 7.14. The third kappa shape index (κ3) is 4.01. The number of carbonyl (C=O) groups excluding carboxylic acids is 1. The molecule has 0 unspecified atom stereocenters. The van der Waals surface area contributed by atoms with Crippen molar-refractivity contribution in [2.75, 3.05) is 0 Å². The largest absolute Gasteiger partial charge is 0.480 e. The molecule has 0 radical (unpaired) electrons. The van der Waals surface area contributed by atoms with E-state index in [9.17, 15) is 4.79 Å². The van der Waals surface area contributed by atoms with Gasteiger partial charge in [-0.25, -0.2) is 0 Å². The number of ether oxygens (including phenoxy) is 1. The summed E-state index contributed by atoms with van der Waals surface area (Å²) in [6, 6.07) is 6.27. The Morgan fingerprint density at radius 3 is 2.48 bits per heavy atom. The molecule has 0 aromatic heterocycles. The lowest BCUT2D eigenvalue weighted by atomic mass is 9.97. The van der Waals surface area contributed by atoms with E-state index in [0.29, 0.717) is 17.8 Å². The van der Waals surface area contributed by atoms with Crippen LogP contribution in [-0.4, -0.2) is 29.0 Å². The summed E-state index contributed by atoms with van der Waals surface area (Å²) in [6.45, 7) is 6.07. The summed E-state index contributed by atoms with van der Waals surface area (Å²) in [5.41, 5.74) is 0. The summed E-state index contributed by atoms with van der Waals surface area (Å²) in [7, 11) is 0. The molecule has 0 spiro atoms. The van der Waals surface area contributed by atoms with Gasteiger partial charge >= 0.3 is 0 Å². The van der Waals surface area contributed by atoms with Crippen molar-refractivity contribution in [1.82, 2.24) is 4.90 Å². The molecule has 1 fully saturated rings. The highest BCUT2D eigenvalue weighted by Gasteiger charge is 2.32. The monoisotopic (exact) mass is 417 g/mol. The number of benzene rings is 1. The highest BCUT2D eigenvalue weighted by molar-refractivity contribution is 9.11. The van der Waals surface area contributed by atoms with Gasteiger partial charge in [0, 0.05) is 16.6 Å². The van der Waals surface area contributed by atoms with Crippen molar-refractivity contribution in [1.29, 1.82) is 0 Å². The molecular weight excluding hydrogens is 398 g/mol. The van der Waals surface area contributed by atoms with Crippen molar-refractivity contribution in [2.45, 2.75) is 58.2 Å². The normalized spacial score (nSPS) is 23.8. The van der Waals surface area contributed by atoms with Crippen LogP contribution in [0.3, 0.4) is 0 Å². The maximum Gasteiger partial charge on any atom is 0.263 e. The van der Waals surface area contributed by atoms with Gasteiger partial charge in [0.05, 0.1) is 4.47 Å². The van der Waals surface area contributed by atoms with Gasteiger partial charge in [-0.15, -0.1) is 0 Å². The molecule has 116 valence electrons. The summed E-state index contributed by atoms with van der Waals surface area (Å²) in [5, 5.41) is 0. The van der Waals surface area contributed by atoms with Gasteiger partial charge in [-0.3, -0.25) is 4.79 Å². The fraction of sp³-hybridized carbons (Fsp3) is 0.562. The Balaban J connectivity index is 2.08. The van der Waals surface area contributed by atoms with Crippen molar-refractivity contribution in [3.8, 4) is 5.75 Å². The highest BCUT2D eigenvalue weighted by Crippen LogP contribution is 2.30. The molecule has 3 atom stereocenters. The molecule has 3 nitrogen and oxygen atoms in total. The van der Waals surface area contributed by atoms with Crippen LogP contribution in [-0.2, 0) is 4.79 Å². The minimum absolute atomic E-state index is 0.0736. The lowest BCUT2D eigenvalue weighted by Crippen LogP contribution is -2.51. The molecule has 5 heteroatoms. The summed E-state index contributed by atoms with van der Waals surface area (Å²) in [5.74, 6) is 0.765. The highest BCUT2D eigenvalue weighted by atomic mass is 79.9. The third-order valence-electron chi connectivity index (χ3n) is 3.99. The second-order valence-corrected chi connectivity index (χ2v) is 7.48. The van der Waals surface area contributed by atoms with Gasteiger partial charge in [0.2, 0.25) is 0 Å². The van der Waals surface area contributed by atoms with Crippen LogP contribution in [0.4, 0.5) is 0 Å². The quantitative estimate of drug-likeness (QED) is 0.707. The Morgan fingerprint density at radius 2 is 1.90 bits per heavy atom. The molecule has 1 aromatic rings. The molecule has 0 saturated carbocycles. The molecule has 1 saturated heterocycles. The second-order valence-electron chi connectivity index (χ2n) is 5.71. The van der Waals surface area contributed by atoms with Gasteiger partial charge in [0.25, 0.3) is 5.91 Å². The molecule has 21 heavy (non-hydrogen) atoms. The van der Waals surface area contributed by atoms with Crippen molar-refractivity contribution >= 4 is 37.8 Å². The number of hydrogen-bond donors (Lipinski definition) is 0. The molecule has 1 amide bonds. The van der Waals surface area contributed by atoms with E-state index in [1.807, 2.05) is 30.0 Å². The summed E-state index contributed by atoms with van der Waals surface area (Å²) >= 11 is 6.87. The molecule has 1 heterocycles.